The van der Waals surface area contributed by atoms with Gasteiger partial charge in [0.1, 0.15) is 5.82 Å². The molecule has 7 heteroatoms. The number of amides is 2. The van der Waals surface area contributed by atoms with Crippen LogP contribution in [0.5, 0.6) is 0 Å². The molecule has 0 aliphatic carbocycles. The quantitative estimate of drug-likeness (QED) is 0.882. The molecule has 2 N–H and O–H groups in total. The SMILES string of the molecule is Cl.O=C(N[C@H]1CCCNC1)c1cc(N2CCCC2=O)ccc1F. The lowest BCUT2D eigenvalue weighted by molar-refractivity contribution is -0.117. The van der Waals surface area contributed by atoms with E-state index in [9.17, 15) is 14.0 Å². The highest BCUT2D eigenvalue weighted by Crippen LogP contribution is 2.24. The molecule has 2 aliphatic heterocycles. The van der Waals surface area contributed by atoms with Crippen molar-refractivity contribution in [3.05, 3.63) is 29.6 Å². The molecule has 126 valence electrons. The van der Waals surface area contributed by atoms with Crippen LogP contribution in [-0.4, -0.2) is 37.5 Å². The van der Waals surface area contributed by atoms with Crippen LogP contribution in [0.15, 0.2) is 18.2 Å². The molecular formula is C16H21ClFN3O2. The van der Waals surface area contributed by atoms with Crippen LogP contribution in [0.2, 0.25) is 0 Å². The average Bonchev–Trinajstić information content (AvgIpc) is 2.95. The van der Waals surface area contributed by atoms with Gasteiger partial charge in [-0.2, -0.15) is 0 Å². The molecule has 0 saturated carbocycles. The topological polar surface area (TPSA) is 61.4 Å². The molecule has 0 bridgehead atoms. The van der Waals surface area contributed by atoms with Crippen molar-refractivity contribution in [3.8, 4) is 0 Å². The van der Waals surface area contributed by atoms with Crippen molar-refractivity contribution in [1.29, 1.82) is 0 Å². The molecule has 1 aromatic carbocycles. The van der Waals surface area contributed by atoms with Crippen molar-refractivity contribution in [3.63, 3.8) is 0 Å². The number of nitrogens with one attached hydrogen (secondary N) is 2. The van der Waals surface area contributed by atoms with Gasteiger partial charge in [-0.15, -0.1) is 12.4 Å². The third-order valence-electron chi connectivity index (χ3n) is 4.21. The van der Waals surface area contributed by atoms with E-state index in [-0.39, 0.29) is 29.9 Å². The summed E-state index contributed by atoms with van der Waals surface area (Å²) in [6.07, 6.45) is 3.19. The highest BCUT2D eigenvalue weighted by molar-refractivity contribution is 5.99. The van der Waals surface area contributed by atoms with E-state index < -0.39 is 11.7 Å². The molecule has 23 heavy (non-hydrogen) atoms. The normalized spacial score (nSPS) is 21.0. The minimum atomic E-state index is -0.559. The summed E-state index contributed by atoms with van der Waals surface area (Å²) in [4.78, 5) is 25.7. The summed E-state index contributed by atoms with van der Waals surface area (Å²) < 4.78 is 14.0. The largest absolute Gasteiger partial charge is 0.348 e. The van der Waals surface area contributed by atoms with Crippen molar-refractivity contribution in [2.45, 2.75) is 31.7 Å². The number of anilines is 1. The van der Waals surface area contributed by atoms with Crippen molar-refractivity contribution in [2.24, 2.45) is 0 Å². The van der Waals surface area contributed by atoms with E-state index in [1.165, 1.54) is 12.1 Å². The maximum atomic E-state index is 14.0. The number of hydrogen-bond acceptors (Lipinski definition) is 3. The number of piperidine rings is 1. The molecule has 2 aliphatic rings. The van der Waals surface area contributed by atoms with Gasteiger partial charge in [0.25, 0.3) is 5.91 Å². The van der Waals surface area contributed by atoms with E-state index in [1.807, 2.05) is 0 Å². The molecule has 2 heterocycles. The fourth-order valence-corrected chi connectivity index (χ4v) is 3.01. The van der Waals surface area contributed by atoms with Gasteiger partial charge >= 0.3 is 0 Å². The van der Waals surface area contributed by atoms with Crippen LogP contribution in [0.1, 0.15) is 36.0 Å². The van der Waals surface area contributed by atoms with Crippen molar-refractivity contribution >= 4 is 29.9 Å². The molecular weight excluding hydrogens is 321 g/mol. The Balaban J connectivity index is 0.00000192. The highest BCUT2D eigenvalue weighted by Gasteiger charge is 2.24. The Morgan fingerprint density at radius 1 is 1.35 bits per heavy atom. The minimum absolute atomic E-state index is 0. The van der Waals surface area contributed by atoms with Gasteiger partial charge in [-0.25, -0.2) is 4.39 Å². The molecule has 2 fully saturated rings. The number of carbonyl (C=O) groups excluding carboxylic acids is 2. The lowest BCUT2D eigenvalue weighted by atomic mass is 10.1. The zero-order valence-electron chi connectivity index (χ0n) is 12.8. The molecule has 5 nitrogen and oxygen atoms in total. The number of nitrogens with zero attached hydrogens (tertiary/aromatic N) is 1. The predicted octanol–water partition coefficient (Wildman–Crippen LogP) is 1.86. The van der Waals surface area contributed by atoms with Gasteiger partial charge in [0.05, 0.1) is 5.56 Å². The summed E-state index contributed by atoms with van der Waals surface area (Å²) >= 11 is 0. The van der Waals surface area contributed by atoms with Gasteiger partial charge in [-0.05, 0) is 44.0 Å². The molecule has 2 amide bonds. The lowest BCUT2D eigenvalue weighted by Gasteiger charge is -2.24. The molecule has 0 spiro atoms. The Kier molecular flexibility index (Phi) is 5.96. The Labute approximate surface area is 141 Å². The molecule has 2 saturated heterocycles. The second-order valence-corrected chi connectivity index (χ2v) is 5.83. The molecule has 0 radical (unpaired) electrons. The van der Waals surface area contributed by atoms with Crippen LogP contribution < -0.4 is 15.5 Å². The van der Waals surface area contributed by atoms with E-state index in [0.717, 1.165) is 25.8 Å². The first-order chi connectivity index (χ1) is 10.6. The zero-order chi connectivity index (χ0) is 15.5. The maximum Gasteiger partial charge on any atom is 0.254 e. The Bertz CT molecular complexity index is 591. The van der Waals surface area contributed by atoms with Crippen LogP contribution in [0, 0.1) is 5.82 Å². The first-order valence-corrected chi connectivity index (χ1v) is 7.76. The summed E-state index contributed by atoms with van der Waals surface area (Å²) in [5.41, 5.74) is 0.596. The first-order valence-electron chi connectivity index (χ1n) is 7.76. The van der Waals surface area contributed by atoms with E-state index in [4.69, 9.17) is 0 Å². The van der Waals surface area contributed by atoms with E-state index in [1.54, 1.807) is 11.0 Å². The molecule has 3 rings (SSSR count). The van der Waals surface area contributed by atoms with Gasteiger partial charge in [-0.3, -0.25) is 9.59 Å². The highest BCUT2D eigenvalue weighted by atomic mass is 35.5. The third-order valence-corrected chi connectivity index (χ3v) is 4.21. The number of halogens is 2. The van der Waals surface area contributed by atoms with Crippen LogP contribution in [0.3, 0.4) is 0 Å². The fourth-order valence-electron chi connectivity index (χ4n) is 3.01. The van der Waals surface area contributed by atoms with Crippen molar-refractivity contribution < 1.29 is 14.0 Å². The second-order valence-electron chi connectivity index (χ2n) is 5.83. The van der Waals surface area contributed by atoms with E-state index in [2.05, 4.69) is 10.6 Å². The summed E-state index contributed by atoms with van der Waals surface area (Å²) in [6.45, 7) is 2.28. The Morgan fingerprint density at radius 2 is 2.17 bits per heavy atom. The van der Waals surface area contributed by atoms with E-state index in [0.29, 0.717) is 25.2 Å². The van der Waals surface area contributed by atoms with Gasteiger partial charge in [0.15, 0.2) is 0 Å². The fraction of sp³-hybridized carbons (Fsp3) is 0.500. The van der Waals surface area contributed by atoms with Crippen molar-refractivity contribution in [2.75, 3.05) is 24.5 Å². The molecule has 0 aromatic heterocycles. The molecule has 1 atom stereocenters. The number of rotatable bonds is 3. The standard InChI is InChI=1S/C16H20FN3O2.ClH/c17-14-6-5-12(20-8-2-4-15(20)21)9-13(14)16(22)19-11-3-1-7-18-10-11;/h5-6,9,11,18H,1-4,7-8,10H2,(H,19,22);1H/t11-;/m0./s1. The van der Waals surface area contributed by atoms with Crippen molar-refractivity contribution in [1.82, 2.24) is 10.6 Å². The van der Waals surface area contributed by atoms with Crippen LogP contribution >= 0.6 is 12.4 Å². The third kappa shape index (κ3) is 4.00. The van der Waals surface area contributed by atoms with E-state index >= 15 is 0 Å². The Morgan fingerprint density at radius 3 is 2.83 bits per heavy atom. The summed E-state index contributed by atoms with van der Waals surface area (Å²) in [5, 5.41) is 6.07. The first kappa shape index (κ1) is 17.7. The van der Waals surface area contributed by atoms with Gasteiger partial charge in [0, 0.05) is 31.2 Å². The number of hydrogen-bond donors (Lipinski definition) is 2. The van der Waals surface area contributed by atoms with Crippen LogP contribution in [0.25, 0.3) is 0 Å². The summed E-state index contributed by atoms with van der Waals surface area (Å²) in [6, 6.07) is 4.31. The molecule has 1 aromatic rings. The maximum absolute atomic E-state index is 14.0. The van der Waals surface area contributed by atoms with Gasteiger partial charge in [-0.1, -0.05) is 0 Å². The van der Waals surface area contributed by atoms with Gasteiger partial charge < -0.3 is 15.5 Å². The predicted molar refractivity (Wildman–Crippen MR) is 88.6 cm³/mol. The summed E-state index contributed by atoms with van der Waals surface area (Å²) in [7, 11) is 0. The molecule has 0 unspecified atom stereocenters. The zero-order valence-corrected chi connectivity index (χ0v) is 13.6. The monoisotopic (exact) mass is 341 g/mol. The smallest absolute Gasteiger partial charge is 0.254 e. The summed E-state index contributed by atoms with van der Waals surface area (Å²) in [5.74, 6) is -0.953. The average molecular weight is 342 g/mol. The van der Waals surface area contributed by atoms with Gasteiger partial charge in [0.2, 0.25) is 5.91 Å². The number of benzene rings is 1. The number of carbonyl (C=O) groups is 2. The Hall–Kier alpha value is -1.66. The van der Waals surface area contributed by atoms with Crippen LogP contribution in [-0.2, 0) is 4.79 Å². The lowest BCUT2D eigenvalue weighted by Crippen LogP contribution is -2.45. The second kappa shape index (κ2) is 7.75. The van der Waals surface area contributed by atoms with Crippen LogP contribution in [0.4, 0.5) is 10.1 Å². The minimum Gasteiger partial charge on any atom is -0.348 e.